The molecule has 0 spiro atoms. The molecular formula is C10H14N2O3. The summed E-state index contributed by atoms with van der Waals surface area (Å²) in [6, 6.07) is 1.70. The molecule has 2 rings (SSSR count). The van der Waals surface area contributed by atoms with E-state index < -0.39 is 0 Å². The van der Waals surface area contributed by atoms with E-state index in [0.717, 1.165) is 6.42 Å². The zero-order chi connectivity index (χ0) is 10.8. The number of aliphatic hydroxyl groups is 1. The van der Waals surface area contributed by atoms with Gasteiger partial charge in [0.15, 0.2) is 0 Å². The van der Waals surface area contributed by atoms with Gasteiger partial charge in [-0.05, 0) is 12.5 Å². The number of aromatic nitrogens is 2. The summed E-state index contributed by atoms with van der Waals surface area (Å²) in [4.78, 5) is 15.1. The first-order valence-electron chi connectivity index (χ1n) is 5.02. The Morgan fingerprint density at radius 3 is 3.13 bits per heavy atom. The number of aliphatic hydroxyl groups excluding tert-OH is 1. The Labute approximate surface area is 87.3 Å². The molecule has 5 nitrogen and oxygen atoms in total. The van der Waals surface area contributed by atoms with Crippen molar-refractivity contribution in [2.75, 3.05) is 6.61 Å². The van der Waals surface area contributed by atoms with Crippen molar-refractivity contribution in [3.05, 3.63) is 28.9 Å². The normalized spacial score (nSPS) is 30.7. The van der Waals surface area contributed by atoms with Crippen molar-refractivity contribution < 1.29 is 9.84 Å². The molecule has 2 heterocycles. The fourth-order valence-corrected chi connectivity index (χ4v) is 1.94. The zero-order valence-corrected chi connectivity index (χ0v) is 8.54. The summed E-state index contributed by atoms with van der Waals surface area (Å²) in [7, 11) is 0. The van der Waals surface area contributed by atoms with Crippen LogP contribution in [-0.4, -0.2) is 27.4 Å². The molecule has 1 N–H and O–H groups in total. The molecule has 0 aliphatic carbocycles. The Morgan fingerprint density at radius 1 is 1.73 bits per heavy atom. The molecule has 0 aromatic carbocycles. The van der Waals surface area contributed by atoms with E-state index in [1.165, 1.54) is 10.8 Å². The molecule has 3 atom stereocenters. The van der Waals surface area contributed by atoms with E-state index in [-0.39, 0.29) is 30.5 Å². The van der Waals surface area contributed by atoms with Crippen molar-refractivity contribution in [3.63, 3.8) is 0 Å². The molecule has 15 heavy (non-hydrogen) atoms. The third kappa shape index (κ3) is 1.93. The van der Waals surface area contributed by atoms with Gasteiger partial charge in [-0.3, -0.25) is 4.57 Å². The lowest BCUT2D eigenvalue weighted by Crippen LogP contribution is -2.28. The van der Waals surface area contributed by atoms with Crippen molar-refractivity contribution in [2.45, 2.75) is 25.7 Å². The minimum Gasteiger partial charge on any atom is -0.394 e. The number of ether oxygens (including phenoxy) is 1. The first-order chi connectivity index (χ1) is 7.22. The lowest BCUT2D eigenvalue weighted by atomic mass is 10.1. The maximum atomic E-state index is 11.5. The molecule has 0 bridgehead atoms. The van der Waals surface area contributed by atoms with E-state index in [1.54, 1.807) is 12.3 Å². The van der Waals surface area contributed by atoms with Crippen LogP contribution < -0.4 is 5.69 Å². The summed E-state index contributed by atoms with van der Waals surface area (Å²) in [5, 5.41) is 8.99. The number of nitrogens with zero attached hydrogens (tertiary/aromatic N) is 2. The first-order valence-corrected chi connectivity index (χ1v) is 5.02. The summed E-state index contributed by atoms with van der Waals surface area (Å²) in [5.74, 6) is 0.212. The molecule has 1 aliphatic rings. The lowest BCUT2D eigenvalue weighted by Gasteiger charge is -2.17. The standard InChI is InChI=1S/C10H14N2O3/c1-7-5-8(6-13)15-9(7)12-4-2-3-11-10(12)14/h2-4,7-9,13H,5-6H2,1H3/t7-,8-,9+/m0/s1. The monoisotopic (exact) mass is 210 g/mol. The van der Waals surface area contributed by atoms with Gasteiger partial charge in [-0.15, -0.1) is 0 Å². The van der Waals surface area contributed by atoms with Crippen LogP contribution in [0.4, 0.5) is 0 Å². The average molecular weight is 210 g/mol. The number of hydrogen-bond donors (Lipinski definition) is 1. The Bertz CT molecular complexity index is 390. The largest absolute Gasteiger partial charge is 0.394 e. The average Bonchev–Trinajstić information content (AvgIpc) is 2.60. The Kier molecular flexibility index (Phi) is 2.83. The highest BCUT2D eigenvalue weighted by Gasteiger charge is 2.33. The van der Waals surface area contributed by atoms with E-state index in [0.29, 0.717) is 0 Å². The van der Waals surface area contributed by atoms with Gasteiger partial charge in [0.2, 0.25) is 0 Å². The van der Waals surface area contributed by atoms with Gasteiger partial charge in [-0.2, -0.15) is 0 Å². The molecule has 0 unspecified atom stereocenters. The molecule has 0 radical (unpaired) electrons. The zero-order valence-electron chi connectivity index (χ0n) is 8.54. The molecular weight excluding hydrogens is 196 g/mol. The van der Waals surface area contributed by atoms with Gasteiger partial charge in [-0.1, -0.05) is 6.92 Å². The van der Waals surface area contributed by atoms with Gasteiger partial charge in [0.25, 0.3) is 0 Å². The van der Waals surface area contributed by atoms with Crippen molar-refractivity contribution >= 4 is 0 Å². The predicted molar refractivity (Wildman–Crippen MR) is 53.3 cm³/mol. The van der Waals surface area contributed by atoms with Crippen LogP contribution in [0.1, 0.15) is 19.6 Å². The topological polar surface area (TPSA) is 64.3 Å². The van der Waals surface area contributed by atoms with E-state index in [4.69, 9.17) is 9.84 Å². The van der Waals surface area contributed by atoms with Crippen LogP contribution in [0, 0.1) is 5.92 Å². The molecule has 1 saturated heterocycles. The first kappa shape index (κ1) is 10.3. The summed E-state index contributed by atoms with van der Waals surface area (Å²) in [6.45, 7) is 2.00. The second kappa shape index (κ2) is 4.12. The van der Waals surface area contributed by atoms with E-state index in [2.05, 4.69) is 4.98 Å². The van der Waals surface area contributed by atoms with Crippen LogP contribution in [0.15, 0.2) is 23.3 Å². The quantitative estimate of drug-likeness (QED) is 0.755. The Morgan fingerprint density at radius 2 is 2.53 bits per heavy atom. The van der Waals surface area contributed by atoms with Crippen LogP contribution in [0.5, 0.6) is 0 Å². The van der Waals surface area contributed by atoms with Crippen molar-refractivity contribution in [1.82, 2.24) is 9.55 Å². The van der Waals surface area contributed by atoms with Crippen LogP contribution in [0.2, 0.25) is 0 Å². The third-order valence-corrected chi connectivity index (χ3v) is 2.67. The molecule has 1 aromatic heterocycles. The highest BCUT2D eigenvalue weighted by atomic mass is 16.5. The highest BCUT2D eigenvalue weighted by Crippen LogP contribution is 2.32. The summed E-state index contributed by atoms with van der Waals surface area (Å²) >= 11 is 0. The van der Waals surface area contributed by atoms with Crippen molar-refractivity contribution in [1.29, 1.82) is 0 Å². The van der Waals surface area contributed by atoms with Gasteiger partial charge in [0.05, 0.1) is 12.7 Å². The van der Waals surface area contributed by atoms with E-state index in [9.17, 15) is 4.79 Å². The van der Waals surface area contributed by atoms with Crippen LogP contribution in [0.3, 0.4) is 0 Å². The third-order valence-electron chi connectivity index (χ3n) is 2.67. The van der Waals surface area contributed by atoms with Gasteiger partial charge in [-0.25, -0.2) is 9.78 Å². The SMILES string of the molecule is C[C@H]1C[C@@H](CO)O[C@H]1n1cccnc1=O. The number of hydrogen-bond acceptors (Lipinski definition) is 4. The Balaban J connectivity index is 2.25. The van der Waals surface area contributed by atoms with E-state index >= 15 is 0 Å². The fourth-order valence-electron chi connectivity index (χ4n) is 1.94. The van der Waals surface area contributed by atoms with Crippen LogP contribution in [0.25, 0.3) is 0 Å². The fraction of sp³-hybridized carbons (Fsp3) is 0.600. The molecule has 0 amide bonds. The molecule has 1 aliphatic heterocycles. The van der Waals surface area contributed by atoms with Crippen LogP contribution in [-0.2, 0) is 4.74 Å². The van der Waals surface area contributed by atoms with E-state index in [1.807, 2.05) is 6.92 Å². The predicted octanol–water partition coefficient (Wildman–Crippen LogP) is 0.159. The minimum absolute atomic E-state index is 0.00411. The summed E-state index contributed by atoms with van der Waals surface area (Å²) < 4.78 is 7.04. The van der Waals surface area contributed by atoms with Gasteiger partial charge in [0.1, 0.15) is 6.23 Å². The molecule has 5 heteroatoms. The number of rotatable bonds is 2. The molecule has 0 saturated carbocycles. The van der Waals surface area contributed by atoms with Gasteiger partial charge >= 0.3 is 5.69 Å². The maximum absolute atomic E-state index is 11.5. The lowest BCUT2D eigenvalue weighted by molar-refractivity contribution is -0.0336. The second-order valence-corrected chi connectivity index (χ2v) is 3.85. The Hall–Kier alpha value is -1.20. The van der Waals surface area contributed by atoms with Crippen LogP contribution >= 0.6 is 0 Å². The van der Waals surface area contributed by atoms with Gasteiger partial charge < -0.3 is 9.84 Å². The van der Waals surface area contributed by atoms with Gasteiger partial charge in [0, 0.05) is 18.3 Å². The second-order valence-electron chi connectivity index (χ2n) is 3.85. The minimum atomic E-state index is -0.312. The van der Waals surface area contributed by atoms with Crippen molar-refractivity contribution in [3.8, 4) is 0 Å². The molecule has 82 valence electrons. The highest BCUT2D eigenvalue weighted by molar-refractivity contribution is 4.86. The maximum Gasteiger partial charge on any atom is 0.349 e. The summed E-state index contributed by atoms with van der Waals surface area (Å²) in [6.07, 6.45) is 3.42. The molecule has 1 aromatic rings. The molecule has 1 fully saturated rings. The smallest absolute Gasteiger partial charge is 0.349 e. The van der Waals surface area contributed by atoms with Crippen molar-refractivity contribution in [2.24, 2.45) is 5.92 Å². The summed E-state index contributed by atoms with van der Waals surface area (Å²) in [5.41, 5.74) is -0.312.